The van der Waals surface area contributed by atoms with Crippen molar-refractivity contribution in [2.24, 2.45) is 0 Å². The van der Waals surface area contributed by atoms with Crippen LogP contribution in [0.2, 0.25) is 0 Å². The number of rotatable bonds is 6. The van der Waals surface area contributed by atoms with Gasteiger partial charge in [0, 0.05) is 25.2 Å². The molecule has 2 aromatic carbocycles. The van der Waals surface area contributed by atoms with Gasteiger partial charge in [-0.3, -0.25) is 0 Å². The minimum atomic E-state index is -3.64. The van der Waals surface area contributed by atoms with E-state index in [0.717, 1.165) is 5.56 Å². The van der Waals surface area contributed by atoms with Crippen LogP contribution < -0.4 is 10.1 Å². The zero-order valence-corrected chi connectivity index (χ0v) is 19.0. The van der Waals surface area contributed by atoms with Gasteiger partial charge in [0.25, 0.3) is 0 Å². The smallest absolute Gasteiger partial charge is 0.407 e. The standard InChI is InChI=1S/C23H30N2O5S/c1-23(2,3)30-22(26)24-19-12-14-25(15-13-19)31(27,28)21-11-7-10-20(16-21)29-17-18-8-5-4-6-9-18/h4-11,16,19H,12-15,17H2,1-3H3,(H,24,26). The number of amides is 1. The van der Waals surface area contributed by atoms with E-state index in [0.29, 0.717) is 38.3 Å². The van der Waals surface area contributed by atoms with Crippen molar-refractivity contribution < 1.29 is 22.7 Å². The van der Waals surface area contributed by atoms with Crippen molar-refractivity contribution in [3.8, 4) is 5.75 Å². The molecule has 2 aromatic rings. The first-order valence-corrected chi connectivity index (χ1v) is 11.8. The molecule has 1 amide bonds. The summed E-state index contributed by atoms with van der Waals surface area (Å²) in [5.41, 5.74) is 0.442. The molecule has 0 aliphatic carbocycles. The first-order chi connectivity index (χ1) is 14.6. The highest BCUT2D eigenvalue weighted by molar-refractivity contribution is 7.89. The molecular weight excluding hydrogens is 416 g/mol. The maximum atomic E-state index is 13.1. The van der Waals surface area contributed by atoms with E-state index >= 15 is 0 Å². The fourth-order valence-corrected chi connectivity index (χ4v) is 4.83. The zero-order valence-electron chi connectivity index (χ0n) is 18.2. The molecule has 0 aromatic heterocycles. The van der Waals surface area contributed by atoms with Crippen LogP contribution in [0.1, 0.15) is 39.2 Å². The summed E-state index contributed by atoms with van der Waals surface area (Å²) in [6.07, 6.45) is 0.586. The lowest BCUT2D eigenvalue weighted by Gasteiger charge is -2.32. The number of alkyl carbamates (subject to hydrolysis) is 1. The second-order valence-electron chi connectivity index (χ2n) is 8.57. The molecule has 0 saturated carbocycles. The number of carbonyl (C=O) groups is 1. The molecule has 168 valence electrons. The van der Waals surface area contributed by atoms with Crippen LogP contribution in [-0.2, 0) is 21.4 Å². The van der Waals surface area contributed by atoms with Gasteiger partial charge in [0.05, 0.1) is 4.90 Å². The predicted molar refractivity (Wildman–Crippen MR) is 118 cm³/mol. The highest BCUT2D eigenvalue weighted by Crippen LogP contribution is 2.24. The predicted octanol–water partition coefficient (Wildman–Crippen LogP) is 3.94. The van der Waals surface area contributed by atoms with Gasteiger partial charge in [-0.1, -0.05) is 36.4 Å². The second-order valence-corrected chi connectivity index (χ2v) is 10.5. The monoisotopic (exact) mass is 446 g/mol. The molecule has 0 atom stereocenters. The van der Waals surface area contributed by atoms with Crippen molar-refractivity contribution in [3.63, 3.8) is 0 Å². The molecule has 0 spiro atoms. The number of ether oxygens (including phenoxy) is 2. The Bertz CT molecular complexity index is 979. The van der Waals surface area contributed by atoms with Crippen molar-refractivity contribution >= 4 is 16.1 Å². The molecule has 8 heteroatoms. The van der Waals surface area contributed by atoms with Crippen LogP contribution in [0.5, 0.6) is 5.75 Å². The third kappa shape index (κ3) is 6.70. The third-order valence-electron chi connectivity index (χ3n) is 4.87. The topological polar surface area (TPSA) is 84.9 Å². The highest BCUT2D eigenvalue weighted by atomic mass is 32.2. The van der Waals surface area contributed by atoms with E-state index in [2.05, 4.69) is 5.32 Å². The third-order valence-corrected chi connectivity index (χ3v) is 6.76. The van der Waals surface area contributed by atoms with Crippen LogP contribution >= 0.6 is 0 Å². The average molecular weight is 447 g/mol. The Morgan fingerprint density at radius 3 is 2.39 bits per heavy atom. The molecule has 3 rings (SSSR count). The fourth-order valence-electron chi connectivity index (χ4n) is 3.33. The number of sulfonamides is 1. The summed E-state index contributed by atoms with van der Waals surface area (Å²) in [6.45, 7) is 6.44. The molecule has 7 nitrogen and oxygen atoms in total. The minimum absolute atomic E-state index is 0.109. The zero-order chi connectivity index (χ0) is 22.5. The van der Waals surface area contributed by atoms with Crippen LogP contribution in [-0.4, -0.2) is 43.5 Å². The van der Waals surface area contributed by atoms with Crippen LogP contribution in [0.3, 0.4) is 0 Å². The summed E-state index contributed by atoms with van der Waals surface area (Å²) in [4.78, 5) is 12.2. The van der Waals surface area contributed by atoms with Crippen molar-refractivity contribution in [2.75, 3.05) is 13.1 Å². The first-order valence-electron chi connectivity index (χ1n) is 10.4. The van der Waals surface area contributed by atoms with Gasteiger partial charge in [0.1, 0.15) is 18.0 Å². The molecule has 0 unspecified atom stereocenters. The Hall–Kier alpha value is -2.58. The van der Waals surface area contributed by atoms with E-state index in [1.165, 1.54) is 4.31 Å². The fraction of sp³-hybridized carbons (Fsp3) is 0.435. The van der Waals surface area contributed by atoms with Gasteiger partial charge >= 0.3 is 6.09 Å². The Morgan fingerprint density at radius 1 is 1.06 bits per heavy atom. The van der Waals surface area contributed by atoms with E-state index in [1.54, 1.807) is 45.0 Å². The lowest BCUT2D eigenvalue weighted by molar-refractivity contribution is 0.0489. The number of nitrogens with zero attached hydrogens (tertiary/aromatic N) is 1. The van der Waals surface area contributed by atoms with Gasteiger partial charge in [-0.05, 0) is 51.3 Å². The molecule has 1 heterocycles. The van der Waals surface area contributed by atoms with Crippen LogP contribution in [0.15, 0.2) is 59.5 Å². The molecule has 31 heavy (non-hydrogen) atoms. The summed E-state index contributed by atoms with van der Waals surface area (Å²) in [6, 6.07) is 16.2. The van der Waals surface area contributed by atoms with Crippen LogP contribution in [0, 0.1) is 0 Å². The van der Waals surface area contributed by atoms with E-state index in [9.17, 15) is 13.2 Å². The summed E-state index contributed by atoms with van der Waals surface area (Å²) in [5.74, 6) is 0.506. The normalized spacial score (nSPS) is 16.0. The first kappa shape index (κ1) is 23.1. The van der Waals surface area contributed by atoms with E-state index < -0.39 is 21.7 Å². The maximum absolute atomic E-state index is 13.1. The van der Waals surface area contributed by atoms with Gasteiger partial charge in [0.2, 0.25) is 10.0 Å². The maximum Gasteiger partial charge on any atom is 0.407 e. The van der Waals surface area contributed by atoms with Gasteiger partial charge < -0.3 is 14.8 Å². The quantitative estimate of drug-likeness (QED) is 0.726. The molecule has 1 saturated heterocycles. The SMILES string of the molecule is CC(C)(C)OC(=O)NC1CCN(S(=O)(=O)c2cccc(OCc3ccccc3)c2)CC1. The molecule has 1 fully saturated rings. The number of piperidine rings is 1. The second kappa shape index (κ2) is 9.70. The summed E-state index contributed by atoms with van der Waals surface area (Å²) in [5, 5.41) is 2.83. The molecule has 1 aliphatic heterocycles. The number of carbonyl (C=O) groups excluding carboxylic acids is 1. The van der Waals surface area contributed by atoms with Gasteiger partial charge in [-0.15, -0.1) is 0 Å². The Balaban J connectivity index is 1.58. The van der Waals surface area contributed by atoms with Gasteiger partial charge in [0.15, 0.2) is 0 Å². The average Bonchev–Trinajstić information content (AvgIpc) is 2.72. The summed E-state index contributed by atoms with van der Waals surface area (Å²) in [7, 11) is -3.64. The Morgan fingerprint density at radius 2 is 1.74 bits per heavy atom. The van der Waals surface area contributed by atoms with E-state index in [1.807, 2.05) is 30.3 Å². The number of benzene rings is 2. The van der Waals surface area contributed by atoms with Crippen molar-refractivity contribution in [3.05, 3.63) is 60.2 Å². The van der Waals surface area contributed by atoms with E-state index in [4.69, 9.17) is 9.47 Å². The molecule has 0 bridgehead atoms. The largest absolute Gasteiger partial charge is 0.489 e. The molecule has 1 aliphatic rings. The lowest BCUT2D eigenvalue weighted by Crippen LogP contribution is -2.47. The summed E-state index contributed by atoms with van der Waals surface area (Å²) >= 11 is 0. The minimum Gasteiger partial charge on any atom is -0.489 e. The van der Waals surface area contributed by atoms with Gasteiger partial charge in [-0.2, -0.15) is 4.31 Å². The van der Waals surface area contributed by atoms with Gasteiger partial charge in [-0.25, -0.2) is 13.2 Å². The van der Waals surface area contributed by atoms with Crippen LogP contribution in [0.25, 0.3) is 0 Å². The van der Waals surface area contributed by atoms with Crippen molar-refractivity contribution in [1.29, 1.82) is 0 Å². The number of nitrogens with one attached hydrogen (secondary N) is 1. The summed E-state index contributed by atoms with van der Waals surface area (Å²) < 4.78 is 38.7. The molecule has 0 radical (unpaired) electrons. The lowest BCUT2D eigenvalue weighted by atomic mass is 10.1. The highest BCUT2D eigenvalue weighted by Gasteiger charge is 2.31. The molecular formula is C23H30N2O5S. The van der Waals surface area contributed by atoms with Crippen molar-refractivity contribution in [2.45, 2.75) is 56.8 Å². The molecule has 1 N–H and O–H groups in total. The van der Waals surface area contributed by atoms with Crippen molar-refractivity contribution in [1.82, 2.24) is 9.62 Å². The number of hydrogen-bond acceptors (Lipinski definition) is 5. The van der Waals surface area contributed by atoms with E-state index in [-0.39, 0.29) is 10.9 Å². The number of hydrogen-bond donors (Lipinski definition) is 1. The Kier molecular flexibility index (Phi) is 7.23. The van der Waals surface area contributed by atoms with Crippen LogP contribution in [0.4, 0.5) is 4.79 Å². The Labute approximate surface area is 184 Å².